The van der Waals surface area contributed by atoms with Crippen LogP contribution in [0.25, 0.3) is 0 Å². The summed E-state index contributed by atoms with van der Waals surface area (Å²) in [5, 5.41) is 10.8. The lowest BCUT2D eigenvalue weighted by Crippen LogP contribution is -2.45. The van der Waals surface area contributed by atoms with Gasteiger partial charge < -0.3 is 10.4 Å². The molecule has 0 radical (unpaired) electrons. The van der Waals surface area contributed by atoms with Gasteiger partial charge in [0.05, 0.1) is 12.3 Å². The number of fused-ring (bicyclic) bond motifs is 1. The molecule has 1 aliphatic rings. The minimum atomic E-state index is -4.65. The fourth-order valence-electron chi connectivity index (χ4n) is 2.53. The van der Waals surface area contributed by atoms with Gasteiger partial charge in [0.25, 0.3) is 0 Å². The Morgan fingerprint density at radius 3 is 2.62 bits per heavy atom. The first-order chi connectivity index (χ1) is 9.78. The number of alkyl halides is 3. The van der Waals surface area contributed by atoms with Gasteiger partial charge in [0, 0.05) is 0 Å². The van der Waals surface area contributed by atoms with Gasteiger partial charge in [-0.05, 0) is 24.0 Å². The number of benzene rings is 1. The van der Waals surface area contributed by atoms with Crippen LogP contribution in [0.5, 0.6) is 0 Å². The Labute approximate surface area is 119 Å². The Morgan fingerprint density at radius 1 is 1.33 bits per heavy atom. The predicted octanol–water partition coefficient (Wildman–Crippen LogP) is 2.24. The fraction of sp³-hybridized carbons (Fsp3) is 0.429. The summed E-state index contributed by atoms with van der Waals surface area (Å²) in [6, 6.07) is 5.21. The van der Waals surface area contributed by atoms with E-state index in [4.69, 9.17) is 5.11 Å². The SMILES string of the molecule is O=C(O)C(CC(F)(F)F)NC(=O)C1CCc2ccccc21. The molecule has 0 aliphatic heterocycles. The van der Waals surface area contributed by atoms with Crippen molar-refractivity contribution in [3.8, 4) is 0 Å². The van der Waals surface area contributed by atoms with Crippen molar-refractivity contribution in [1.82, 2.24) is 5.32 Å². The molecule has 1 aromatic carbocycles. The number of carboxylic acids is 1. The standard InChI is InChI=1S/C14H14F3NO3/c15-14(16,17)7-11(13(20)21)18-12(19)10-6-5-8-3-1-2-4-9(8)10/h1-4,10-11H,5-7H2,(H,18,19)(H,20,21). The lowest BCUT2D eigenvalue weighted by molar-refractivity contribution is -0.160. The summed E-state index contributed by atoms with van der Waals surface area (Å²) in [6.45, 7) is 0. The number of hydrogen-bond donors (Lipinski definition) is 2. The number of carbonyl (C=O) groups excluding carboxylic acids is 1. The summed E-state index contributed by atoms with van der Waals surface area (Å²) >= 11 is 0. The van der Waals surface area contributed by atoms with Crippen molar-refractivity contribution >= 4 is 11.9 Å². The molecule has 0 saturated heterocycles. The highest BCUT2D eigenvalue weighted by Gasteiger charge is 2.38. The smallest absolute Gasteiger partial charge is 0.391 e. The molecule has 4 nitrogen and oxygen atoms in total. The van der Waals surface area contributed by atoms with E-state index in [1.807, 2.05) is 17.4 Å². The van der Waals surface area contributed by atoms with Gasteiger partial charge in [-0.15, -0.1) is 0 Å². The topological polar surface area (TPSA) is 66.4 Å². The van der Waals surface area contributed by atoms with Crippen LogP contribution >= 0.6 is 0 Å². The average Bonchev–Trinajstić information content (AvgIpc) is 2.80. The van der Waals surface area contributed by atoms with E-state index < -0.39 is 36.4 Å². The second-order valence-corrected chi connectivity index (χ2v) is 5.01. The Morgan fingerprint density at radius 2 is 2.00 bits per heavy atom. The zero-order valence-electron chi connectivity index (χ0n) is 11.0. The zero-order valence-corrected chi connectivity index (χ0v) is 11.0. The van der Waals surface area contributed by atoms with Crippen molar-refractivity contribution in [2.45, 2.75) is 37.4 Å². The largest absolute Gasteiger partial charge is 0.480 e. The van der Waals surface area contributed by atoms with Gasteiger partial charge in [0.15, 0.2) is 0 Å². The van der Waals surface area contributed by atoms with E-state index >= 15 is 0 Å². The van der Waals surface area contributed by atoms with E-state index in [1.54, 1.807) is 12.1 Å². The van der Waals surface area contributed by atoms with Crippen LogP contribution < -0.4 is 5.32 Å². The molecule has 1 aliphatic carbocycles. The molecule has 0 bridgehead atoms. The Hall–Kier alpha value is -2.05. The molecular formula is C14H14F3NO3. The predicted molar refractivity (Wildman–Crippen MR) is 67.7 cm³/mol. The monoisotopic (exact) mass is 301 g/mol. The third-order valence-corrected chi connectivity index (χ3v) is 3.50. The molecule has 0 aromatic heterocycles. The molecule has 21 heavy (non-hydrogen) atoms. The summed E-state index contributed by atoms with van der Waals surface area (Å²) in [5.74, 6) is -2.94. The van der Waals surface area contributed by atoms with Crippen LogP contribution in [0.3, 0.4) is 0 Å². The van der Waals surface area contributed by atoms with Crippen LogP contribution in [-0.2, 0) is 16.0 Å². The second kappa shape index (κ2) is 5.75. The third kappa shape index (κ3) is 3.74. The Kier molecular flexibility index (Phi) is 4.20. The highest BCUT2D eigenvalue weighted by molar-refractivity contribution is 5.89. The first-order valence-corrected chi connectivity index (χ1v) is 6.45. The van der Waals surface area contributed by atoms with Gasteiger partial charge in [-0.1, -0.05) is 24.3 Å². The maximum Gasteiger partial charge on any atom is 0.391 e. The Bertz CT molecular complexity index is 557. The number of nitrogens with one attached hydrogen (secondary N) is 1. The van der Waals surface area contributed by atoms with E-state index in [-0.39, 0.29) is 0 Å². The van der Waals surface area contributed by atoms with Crippen LogP contribution in [0.4, 0.5) is 13.2 Å². The lowest BCUT2D eigenvalue weighted by Gasteiger charge is -2.19. The molecular weight excluding hydrogens is 287 g/mol. The van der Waals surface area contributed by atoms with Crippen LogP contribution in [0.2, 0.25) is 0 Å². The molecule has 2 rings (SSSR count). The number of rotatable bonds is 4. The van der Waals surface area contributed by atoms with Crippen molar-refractivity contribution in [1.29, 1.82) is 0 Å². The number of carbonyl (C=O) groups is 2. The van der Waals surface area contributed by atoms with Crippen molar-refractivity contribution in [2.75, 3.05) is 0 Å². The zero-order chi connectivity index (χ0) is 15.6. The number of aryl methyl sites for hydroxylation is 1. The second-order valence-electron chi connectivity index (χ2n) is 5.01. The van der Waals surface area contributed by atoms with E-state index in [0.717, 1.165) is 11.1 Å². The lowest BCUT2D eigenvalue weighted by atomic mass is 10.00. The first kappa shape index (κ1) is 15.3. The Balaban J connectivity index is 2.09. The van der Waals surface area contributed by atoms with Crippen LogP contribution in [0.1, 0.15) is 29.9 Å². The normalized spacial score (nSPS) is 18.9. The number of halogens is 3. The van der Waals surface area contributed by atoms with E-state index in [9.17, 15) is 22.8 Å². The van der Waals surface area contributed by atoms with E-state index in [2.05, 4.69) is 0 Å². The van der Waals surface area contributed by atoms with E-state index in [0.29, 0.717) is 12.8 Å². The summed E-state index contributed by atoms with van der Waals surface area (Å²) in [6.07, 6.45) is -5.10. The van der Waals surface area contributed by atoms with Gasteiger partial charge in [-0.25, -0.2) is 4.79 Å². The van der Waals surface area contributed by atoms with Gasteiger partial charge in [-0.3, -0.25) is 4.79 Å². The quantitative estimate of drug-likeness (QED) is 0.896. The van der Waals surface area contributed by atoms with Crippen molar-refractivity contribution in [3.63, 3.8) is 0 Å². The summed E-state index contributed by atoms with van der Waals surface area (Å²) < 4.78 is 37.0. The number of carboxylic acid groups (broad SMARTS) is 1. The molecule has 0 saturated carbocycles. The van der Waals surface area contributed by atoms with Gasteiger partial charge >= 0.3 is 12.1 Å². The highest BCUT2D eigenvalue weighted by atomic mass is 19.4. The first-order valence-electron chi connectivity index (χ1n) is 6.45. The number of amides is 1. The molecule has 7 heteroatoms. The van der Waals surface area contributed by atoms with Crippen molar-refractivity contribution < 1.29 is 27.9 Å². The van der Waals surface area contributed by atoms with Crippen LogP contribution in [0, 0.1) is 0 Å². The maximum atomic E-state index is 12.3. The van der Waals surface area contributed by atoms with Gasteiger partial charge in [0.2, 0.25) is 5.91 Å². The molecule has 0 fully saturated rings. The third-order valence-electron chi connectivity index (χ3n) is 3.50. The molecule has 114 valence electrons. The minimum Gasteiger partial charge on any atom is -0.480 e. The van der Waals surface area contributed by atoms with Gasteiger partial charge in [0.1, 0.15) is 6.04 Å². The summed E-state index contributed by atoms with van der Waals surface area (Å²) in [7, 11) is 0. The van der Waals surface area contributed by atoms with E-state index in [1.165, 1.54) is 0 Å². The number of hydrogen-bond acceptors (Lipinski definition) is 2. The van der Waals surface area contributed by atoms with Crippen molar-refractivity contribution in [2.24, 2.45) is 0 Å². The molecule has 2 atom stereocenters. The molecule has 1 amide bonds. The molecule has 0 spiro atoms. The van der Waals surface area contributed by atoms with Crippen molar-refractivity contribution in [3.05, 3.63) is 35.4 Å². The summed E-state index contributed by atoms with van der Waals surface area (Å²) in [4.78, 5) is 22.9. The molecule has 0 heterocycles. The summed E-state index contributed by atoms with van der Waals surface area (Å²) in [5.41, 5.74) is 1.73. The van der Waals surface area contributed by atoms with Crippen LogP contribution in [0.15, 0.2) is 24.3 Å². The average molecular weight is 301 g/mol. The molecule has 2 N–H and O–H groups in total. The molecule has 1 aromatic rings. The molecule has 2 unspecified atom stereocenters. The maximum absolute atomic E-state index is 12.3. The fourth-order valence-corrected chi connectivity index (χ4v) is 2.53. The minimum absolute atomic E-state index is 0.476. The highest BCUT2D eigenvalue weighted by Crippen LogP contribution is 2.33. The van der Waals surface area contributed by atoms with Crippen LogP contribution in [-0.4, -0.2) is 29.2 Å². The van der Waals surface area contributed by atoms with Gasteiger partial charge in [-0.2, -0.15) is 13.2 Å². The number of aliphatic carboxylic acids is 1.